The SMILES string of the molecule is CC1CC(NC2Cc3ccccc3C2)CCN1C. The van der Waals surface area contributed by atoms with E-state index in [-0.39, 0.29) is 0 Å². The second kappa shape index (κ2) is 5.02. The summed E-state index contributed by atoms with van der Waals surface area (Å²) in [6.45, 7) is 3.58. The van der Waals surface area contributed by atoms with Crippen molar-refractivity contribution in [3.63, 3.8) is 0 Å². The van der Waals surface area contributed by atoms with Crippen molar-refractivity contribution in [2.45, 2.75) is 50.7 Å². The van der Waals surface area contributed by atoms with Crippen LogP contribution >= 0.6 is 0 Å². The molecule has 0 bridgehead atoms. The van der Waals surface area contributed by atoms with Crippen LogP contribution in [0.2, 0.25) is 0 Å². The summed E-state index contributed by atoms with van der Waals surface area (Å²) in [5.74, 6) is 0. The van der Waals surface area contributed by atoms with Crippen LogP contribution in [0.4, 0.5) is 0 Å². The molecular weight excluding hydrogens is 220 g/mol. The van der Waals surface area contributed by atoms with Crippen molar-refractivity contribution < 1.29 is 0 Å². The van der Waals surface area contributed by atoms with Gasteiger partial charge in [-0.2, -0.15) is 0 Å². The third kappa shape index (κ3) is 2.45. The molecule has 1 aromatic carbocycles. The van der Waals surface area contributed by atoms with Gasteiger partial charge in [0.25, 0.3) is 0 Å². The standard InChI is InChI=1S/C16H24N2/c1-12-9-15(7-8-18(12)2)17-16-10-13-5-3-4-6-14(13)11-16/h3-6,12,15-17H,7-11H2,1-2H3. The van der Waals surface area contributed by atoms with E-state index < -0.39 is 0 Å². The molecule has 0 aromatic heterocycles. The highest BCUT2D eigenvalue weighted by atomic mass is 15.1. The fourth-order valence-electron chi connectivity index (χ4n) is 3.45. The zero-order chi connectivity index (χ0) is 12.5. The highest BCUT2D eigenvalue weighted by Crippen LogP contribution is 2.24. The third-order valence-corrected chi connectivity index (χ3v) is 4.73. The van der Waals surface area contributed by atoms with Crippen LogP contribution in [0, 0.1) is 0 Å². The fourth-order valence-corrected chi connectivity index (χ4v) is 3.45. The van der Waals surface area contributed by atoms with Gasteiger partial charge in [0.1, 0.15) is 0 Å². The predicted octanol–water partition coefficient (Wildman–Crippen LogP) is 2.23. The lowest BCUT2D eigenvalue weighted by molar-refractivity contribution is 0.162. The summed E-state index contributed by atoms with van der Waals surface area (Å²) in [7, 11) is 2.24. The van der Waals surface area contributed by atoms with Gasteiger partial charge >= 0.3 is 0 Å². The molecule has 1 aromatic rings. The average Bonchev–Trinajstić information content (AvgIpc) is 2.76. The molecule has 3 rings (SSSR count). The number of nitrogens with one attached hydrogen (secondary N) is 1. The molecule has 2 aliphatic rings. The normalized spacial score (nSPS) is 29.4. The van der Waals surface area contributed by atoms with Gasteiger partial charge in [-0.05, 0) is 57.3 Å². The second-order valence-electron chi connectivity index (χ2n) is 6.09. The van der Waals surface area contributed by atoms with Crippen molar-refractivity contribution in [2.24, 2.45) is 0 Å². The van der Waals surface area contributed by atoms with Crippen molar-refractivity contribution in [3.05, 3.63) is 35.4 Å². The summed E-state index contributed by atoms with van der Waals surface area (Å²) in [5, 5.41) is 3.89. The van der Waals surface area contributed by atoms with Gasteiger partial charge in [-0.25, -0.2) is 0 Å². The van der Waals surface area contributed by atoms with Gasteiger partial charge in [0.2, 0.25) is 0 Å². The summed E-state index contributed by atoms with van der Waals surface area (Å²) >= 11 is 0. The van der Waals surface area contributed by atoms with Crippen molar-refractivity contribution in [3.8, 4) is 0 Å². The van der Waals surface area contributed by atoms with Crippen LogP contribution in [-0.4, -0.2) is 36.6 Å². The number of fused-ring (bicyclic) bond motifs is 1. The van der Waals surface area contributed by atoms with Gasteiger partial charge in [0.05, 0.1) is 0 Å². The van der Waals surface area contributed by atoms with E-state index in [0.717, 1.165) is 12.1 Å². The molecule has 1 saturated heterocycles. The van der Waals surface area contributed by atoms with Crippen LogP contribution in [0.25, 0.3) is 0 Å². The van der Waals surface area contributed by atoms with Gasteiger partial charge < -0.3 is 10.2 Å². The molecule has 0 spiro atoms. The molecule has 2 unspecified atom stereocenters. The van der Waals surface area contributed by atoms with E-state index in [1.54, 1.807) is 11.1 Å². The summed E-state index contributed by atoms with van der Waals surface area (Å²) in [4.78, 5) is 2.47. The van der Waals surface area contributed by atoms with E-state index in [2.05, 4.69) is 48.5 Å². The molecule has 0 amide bonds. The molecule has 98 valence electrons. The molecule has 2 heteroatoms. The first-order valence-electron chi connectivity index (χ1n) is 7.25. The maximum absolute atomic E-state index is 3.89. The number of nitrogens with zero attached hydrogens (tertiary/aromatic N) is 1. The van der Waals surface area contributed by atoms with Crippen LogP contribution in [0.15, 0.2) is 24.3 Å². The summed E-state index contributed by atoms with van der Waals surface area (Å²) in [6.07, 6.45) is 5.03. The number of piperidine rings is 1. The third-order valence-electron chi connectivity index (χ3n) is 4.73. The van der Waals surface area contributed by atoms with E-state index in [0.29, 0.717) is 6.04 Å². The van der Waals surface area contributed by atoms with Gasteiger partial charge in [-0.1, -0.05) is 24.3 Å². The van der Waals surface area contributed by atoms with E-state index in [1.165, 1.54) is 32.2 Å². The minimum absolute atomic E-state index is 0.669. The Hall–Kier alpha value is -0.860. The highest BCUT2D eigenvalue weighted by molar-refractivity contribution is 5.33. The predicted molar refractivity (Wildman–Crippen MR) is 75.9 cm³/mol. The molecule has 0 radical (unpaired) electrons. The van der Waals surface area contributed by atoms with Gasteiger partial charge in [-0.3, -0.25) is 0 Å². The van der Waals surface area contributed by atoms with E-state index in [4.69, 9.17) is 0 Å². The Morgan fingerprint density at radius 2 is 1.78 bits per heavy atom. The molecule has 1 aliphatic carbocycles. The first kappa shape index (κ1) is 12.2. The first-order valence-corrected chi connectivity index (χ1v) is 7.25. The lowest BCUT2D eigenvalue weighted by Gasteiger charge is -2.36. The Labute approximate surface area is 110 Å². The van der Waals surface area contributed by atoms with E-state index in [1.807, 2.05) is 0 Å². The maximum atomic E-state index is 3.89. The number of likely N-dealkylation sites (tertiary alicyclic amines) is 1. The average molecular weight is 244 g/mol. The minimum atomic E-state index is 0.669. The molecule has 1 heterocycles. The van der Waals surface area contributed by atoms with Gasteiger partial charge in [0.15, 0.2) is 0 Å². The zero-order valence-corrected chi connectivity index (χ0v) is 11.5. The molecule has 2 nitrogen and oxygen atoms in total. The van der Waals surface area contributed by atoms with Crippen molar-refractivity contribution in [1.29, 1.82) is 0 Å². The number of benzene rings is 1. The lowest BCUT2D eigenvalue weighted by Crippen LogP contribution is -2.48. The topological polar surface area (TPSA) is 15.3 Å². The zero-order valence-electron chi connectivity index (χ0n) is 11.5. The Morgan fingerprint density at radius 3 is 2.39 bits per heavy atom. The monoisotopic (exact) mass is 244 g/mol. The van der Waals surface area contributed by atoms with Crippen molar-refractivity contribution in [1.82, 2.24) is 10.2 Å². The largest absolute Gasteiger partial charge is 0.310 e. The number of hydrogen-bond donors (Lipinski definition) is 1. The van der Waals surface area contributed by atoms with Crippen molar-refractivity contribution in [2.75, 3.05) is 13.6 Å². The molecule has 18 heavy (non-hydrogen) atoms. The second-order valence-corrected chi connectivity index (χ2v) is 6.09. The molecule has 1 N–H and O–H groups in total. The Morgan fingerprint density at radius 1 is 1.11 bits per heavy atom. The van der Waals surface area contributed by atoms with Crippen LogP contribution < -0.4 is 5.32 Å². The maximum Gasteiger partial charge on any atom is 0.0151 e. The first-order chi connectivity index (χ1) is 8.72. The minimum Gasteiger partial charge on any atom is -0.310 e. The molecular formula is C16H24N2. The van der Waals surface area contributed by atoms with Crippen LogP contribution in [0.1, 0.15) is 30.9 Å². The number of hydrogen-bond acceptors (Lipinski definition) is 2. The quantitative estimate of drug-likeness (QED) is 0.858. The van der Waals surface area contributed by atoms with Crippen LogP contribution in [0.5, 0.6) is 0 Å². The Balaban J connectivity index is 1.57. The fraction of sp³-hybridized carbons (Fsp3) is 0.625. The Kier molecular flexibility index (Phi) is 3.40. The molecule has 2 atom stereocenters. The lowest BCUT2D eigenvalue weighted by atomic mass is 9.98. The van der Waals surface area contributed by atoms with Crippen molar-refractivity contribution >= 4 is 0 Å². The van der Waals surface area contributed by atoms with Crippen LogP contribution in [-0.2, 0) is 12.8 Å². The van der Waals surface area contributed by atoms with Gasteiger partial charge in [0, 0.05) is 18.1 Å². The molecule has 1 aliphatic heterocycles. The summed E-state index contributed by atoms with van der Waals surface area (Å²) < 4.78 is 0. The van der Waals surface area contributed by atoms with E-state index in [9.17, 15) is 0 Å². The molecule has 0 saturated carbocycles. The molecule has 1 fully saturated rings. The number of rotatable bonds is 2. The summed E-state index contributed by atoms with van der Waals surface area (Å²) in [5.41, 5.74) is 3.10. The van der Waals surface area contributed by atoms with E-state index >= 15 is 0 Å². The highest BCUT2D eigenvalue weighted by Gasteiger charge is 2.27. The van der Waals surface area contributed by atoms with Gasteiger partial charge in [-0.15, -0.1) is 0 Å². The summed E-state index contributed by atoms with van der Waals surface area (Å²) in [6, 6.07) is 11.0. The smallest absolute Gasteiger partial charge is 0.0151 e. The Bertz CT molecular complexity index is 390. The van der Waals surface area contributed by atoms with Crippen LogP contribution in [0.3, 0.4) is 0 Å².